The Bertz CT molecular complexity index is 610. The lowest BCUT2D eigenvalue weighted by atomic mass is 9.90. The Balaban J connectivity index is 1.86. The number of benzene rings is 1. The summed E-state index contributed by atoms with van der Waals surface area (Å²) in [6.07, 6.45) is 0.962. The fraction of sp³-hybridized carbons (Fsp3) is 0.529. The van der Waals surface area contributed by atoms with Gasteiger partial charge in [0.25, 0.3) is 0 Å². The standard InChI is InChI=1S/C17H23ClN2O4/c1-3-12(24-14-7-5-4-6-13(14)18)10-19-16(23)20-9-8-17(2,11-20)15(21)22/h4-7,12H,3,8-11H2,1-2H3,(H,19,23)(H,21,22). The second kappa shape index (κ2) is 7.75. The van der Waals surface area contributed by atoms with Crippen molar-refractivity contribution in [2.45, 2.75) is 32.8 Å². The van der Waals surface area contributed by atoms with E-state index in [-0.39, 0.29) is 18.7 Å². The molecule has 2 atom stereocenters. The van der Waals surface area contributed by atoms with Crippen molar-refractivity contribution in [1.82, 2.24) is 10.2 Å². The molecule has 0 aliphatic carbocycles. The number of nitrogens with zero attached hydrogens (tertiary/aromatic N) is 1. The third-order valence-electron chi connectivity index (χ3n) is 4.34. The molecule has 2 N–H and O–H groups in total. The third kappa shape index (κ3) is 4.32. The molecule has 1 heterocycles. The van der Waals surface area contributed by atoms with Gasteiger partial charge in [-0.05, 0) is 31.9 Å². The number of para-hydroxylation sites is 1. The van der Waals surface area contributed by atoms with E-state index in [0.717, 1.165) is 0 Å². The number of halogens is 1. The first kappa shape index (κ1) is 18.4. The summed E-state index contributed by atoms with van der Waals surface area (Å²) in [5.74, 6) is -0.286. The molecule has 0 spiro atoms. The maximum absolute atomic E-state index is 12.2. The quantitative estimate of drug-likeness (QED) is 0.823. The molecule has 1 aromatic carbocycles. The Labute approximate surface area is 146 Å². The summed E-state index contributed by atoms with van der Waals surface area (Å²) in [4.78, 5) is 25.0. The third-order valence-corrected chi connectivity index (χ3v) is 4.66. The van der Waals surface area contributed by atoms with Crippen LogP contribution < -0.4 is 10.1 Å². The summed E-state index contributed by atoms with van der Waals surface area (Å²) in [6, 6.07) is 6.93. The van der Waals surface area contributed by atoms with Crippen molar-refractivity contribution in [3.63, 3.8) is 0 Å². The number of amides is 2. The Morgan fingerprint density at radius 3 is 2.75 bits per heavy atom. The topological polar surface area (TPSA) is 78.9 Å². The van der Waals surface area contributed by atoms with Crippen LogP contribution in [0, 0.1) is 5.41 Å². The van der Waals surface area contributed by atoms with Crippen molar-refractivity contribution in [2.75, 3.05) is 19.6 Å². The molecule has 1 aliphatic heterocycles. The van der Waals surface area contributed by atoms with E-state index >= 15 is 0 Å². The molecule has 1 fully saturated rings. The normalized spacial score (nSPS) is 21.4. The minimum atomic E-state index is -0.869. The zero-order chi connectivity index (χ0) is 17.7. The number of carbonyl (C=O) groups excluding carboxylic acids is 1. The molecule has 0 radical (unpaired) electrons. The van der Waals surface area contributed by atoms with Gasteiger partial charge in [-0.3, -0.25) is 4.79 Å². The molecule has 0 bridgehead atoms. The van der Waals surface area contributed by atoms with Gasteiger partial charge in [-0.1, -0.05) is 30.7 Å². The maximum atomic E-state index is 12.2. The van der Waals surface area contributed by atoms with Crippen LogP contribution in [0.1, 0.15) is 26.7 Å². The number of aliphatic carboxylic acids is 1. The van der Waals surface area contributed by atoms with Gasteiger partial charge >= 0.3 is 12.0 Å². The van der Waals surface area contributed by atoms with E-state index in [1.807, 2.05) is 19.1 Å². The SMILES string of the molecule is CCC(CNC(=O)N1CCC(C)(C(=O)O)C1)Oc1ccccc1Cl. The first-order valence-corrected chi connectivity index (χ1v) is 8.41. The van der Waals surface area contributed by atoms with Crippen LogP contribution in [0.2, 0.25) is 5.02 Å². The van der Waals surface area contributed by atoms with Gasteiger partial charge in [0.2, 0.25) is 0 Å². The van der Waals surface area contributed by atoms with E-state index in [0.29, 0.717) is 36.7 Å². The zero-order valence-corrected chi connectivity index (χ0v) is 14.7. The first-order chi connectivity index (χ1) is 11.4. The van der Waals surface area contributed by atoms with Gasteiger partial charge in [0, 0.05) is 13.1 Å². The Morgan fingerprint density at radius 2 is 2.17 bits per heavy atom. The monoisotopic (exact) mass is 354 g/mol. The zero-order valence-electron chi connectivity index (χ0n) is 13.9. The van der Waals surface area contributed by atoms with Crippen LogP contribution in [0.25, 0.3) is 0 Å². The molecule has 132 valence electrons. The van der Waals surface area contributed by atoms with Gasteiger partial charge in [0.15, 0.2) is 0 Å². The number of carboxylic acid groups (broad SMARTS) is 1. The highest BCUT2D eigenvalue weighted by Gasteiger charge is 2.42. The molecular formula is C17H23ClN2O4. The van der Waals surface area contributed by atoms with Crippen molar-refractivity contribution in [2.24, 2.45) is 5.41 Å². The molecule has 6 nitrogen and oxygen atoms in total. The molecule has 2 amide bonds. The van der Waals surface area contributed by atoms with Crippen molar-refractivity contribution in [3.05, 3.63) is 29.3 Å². The molecule has 1 aromatic rings. The molecule has 1 aliphatic rings. The number of likely N-dealkylation sites (tertiary alicyclic amines) is 1. The number of carbonyl (C=O) groups is 2. The lowest BCUT2D eigenvalue weighted by molar-refractivity contribution is -0.147. The van der Waals surface area contributed by atoms with Crippen LogP contribution >= 0.6 is 11.6 Å². The molecule has 0 saturated carbocycles. The van der Waals surface area contributed by atoms with E-state index in [4.69, 9.17) is 16.3 Å². The minimum Gasteiger partial charge on any atom is -0.487 e. The van der Waals surface area contributed by atoms with Gasteiger partial charge in [-0.2, -0.15) is 0 Å². The lowest BCUT2D eigenvalue weighted by Crippen LogP contribution is -2.44. The summed E-state index contributed by atoms with van der Waals surface area (Å²) in [5, 5.41) is 12.6. The second-order valence-electron chi connectivity index (χ2n) is 6.30. The largest absolute Gasteiger partial charge is 0.487 e. The fourth-order valence-corrected chi connectivity index (χ4v) is 2.79. The van der Waals surface area contributed by atoms with Crippen LogP contribution in [0.5, 0.6) is 5.75 Å². The minimum absolute atomic E-state index is 0.206. The Kier molecular flexibility index (Phi) is 5.94. The smallest absolute Gasteiger partial charge is 0.317 e. The van der Waals surface area contributed by atoms with Crippen molar-refractivity contribution in [1.29, 1.82) is 0 Å². The van der Waals surface area contributed by atoms with E-state index in [1.165, 1.54) is 4.90 Å². The van der Waals surface area contributed by atoms with Gasteiger partial charge in [0.05, 0.1) is 17.0 Å². The summed E-state index contributed by atoms with van der Waals surface area (Å²) >= 11 is 6.08. The molecule has 1 saturated heterocycles. The van der Waals surface area contributed by atoms with E-state index in [9.17, 15) is 14.7 Å². The highest BCUT2D eigenvalue weighted by atomic mass is 35.5. The number of rotatable bonds is 6. The van der Waals surface area contributed by atoms with Crippen molar-refractivity contribution in [3.8, 4) is 5.75 Å². The van der Waals surface area contributed by atoms with Gasteiger partial charge in [0.1, 0.15) is 11.9 Å². The summed E-state index contributed by atoms with van der Waals surface area (Å²) in [7, 11) is 0. The highest BCUT2D eigenvalue weighted by molar-refractivity contribution is 6.32. The van der Waals surface area contributed by atoms with Crippen LogP contribution in [-0.4, -0.2) is 47.7 Å². The lowest BCUT2D eigenvalue weighted by Gasteiger charge is -2.23. The van der Waals surface area contributed by atoms with E-state index in [1.54, 1.807) is 19.1 Å². The number of urea groups is 1. The molecular weight excluding hydrogens is 332 g/mol. The van der Waals surface area contributed by atoms with Crippen LogP contribution in [-0.2, 0) is 4.79 Å². The number of carboxylic acids is 1. The predicted molar refractivity (Wildman–Crippen MR) is 91.5 cm³/mol. The molecule has 2 rings (SSSR count). The van der Waals surface area contributed by atoms with Crippen LogP contribution in [0.15, 0.2) is 24.3 Å². The van der Waals surface area contributed by atoms with Crippen LogP contribution in [0.4, 0.5) is 4.79 Å². The summed E-state index contributed by atoms with van der Waals surface area (Å²) < 4.78 is 5.83. The number of ether oxygens (including phenoxy) is 1. The van der Waals surface area contributed by atoms with E-state index in [2.05, 4.69) is 5.32 Å². The average Bonchev–Trinajstić information content (AvgIpc) is 2.97. The number of nitrogens with one attached hydrogen (secondary N) is 1. The fourth-order valence-electron chi connectivity index (χ4n) is 2.61. The number of hydrogen-bond donors (Lipinski definition) is 2. The van der Waals surface area contributed by atoms with Gasteiger partial charge in [-0.25, -0.2) is 4.79 Å². The molecule has 24 heavy (non-hydrogen) atoms. The molecule has 7 heteroatoms. The van der Waals surface area contributed by atoms with Gasteiger partial charge < -0.3 is 20.1 Å². The molecule has 0 aromatic heterocycles. The van der Waals surface area contributed by atoms with E-state index < -0.39 is 11.4 Å². The highest BCUT2D eigenvalue weighted by Crippen LogP contribution is 2.30. The average molecular weight is 355 g/mol. The van der Waals surface area contributed by atoms with Crippen LogP contribution in [0.3, 0.4) is 0 Å². The second-order valence-corrected chi connectivity index (χ2v) is 6.71. The van der Waals surface area contributed by atoms with Crippen molar-refractivity contribution < 1.29 is 19.4 Å². The first-order valence-electron chi connectivity index (χ1n) is 8.03. The summed E-state index contributed by atoms with van der Waals surface area (Å²) in [6.45, 7) is 4.62. The predicted octanol–water partition coefficient (Wildman–Crippen LogP) is 3.00. The Hall–Kier alpha value is -1.95. The summed E-state index contributed by atoms with van der Waals surface area (Å²) in [5.41, 5.74) is -0.866. The number of hydrogen-bond acceptors (Lipinski definition) is 3. The Morgan fingerprint density at radius 1 is 1.46 bits per heavy atom. The molecule has 2 unspecified atom stereocenters. The van der Waals surface area contributed by atoms with Crippen molar-refractivity contribution >= 4 is 23.6 Å². The van der Waals surface area contributed by atoms with Gasteiger partial charge in [-0.15, -0.1) is 0 Å². The maximum Gasteiger partial charge on any atom is 0.317 e.